The summed E-state index contributed by atoms with van der Waals surface area (Å²) in [4.78, 5) is 23.5. The molecule has 0 spiro atoms. The van der Waals surface area contributed by atoms with Crippen molar-refractivity contribution in [3.8, 4) is 5.75 Å². The molecule has 5 nitrogen and oxygen atoms in total. The molecule has 2 aromatic carbocycles. The van der Waals surface area contributed by atoms with E-state index >= 15 is 0 Å². The third-order valence-electron chi connectivity index (χ3n) is 3.44. The van der Waals surface area contributed by atoms with Crippen molar-refractivity contribution >= 4 is 29.2 Å². The van der Waals surface area contributed by atoms with Crippen LogP contribution >= 0.6 is 0 Å². The largest absolute Gasteiger partial charge is 0.482 e. The molecule has 1 heterocycles. The number of rotatable bonds is 3. The van der Waals surface area contributed by atoms with Gasteiger partial charge in [0.05, 0.1) is 18.4 Å². The number of methoxy groups -OCH3 is 1. The first kappa shape index (κ1) is 14.8. The molecule has 0 saturated heterocycles. The average molecular weight is 309 g/mol. The lowest BCUT2D eigenvalue weighted by atomic mass is 10.0. The van der Waals surface area contributed by atoms with Gasteiger partial charge >= 0.3 is 5.97 Å². The second kappa shape index (κ2) is 6.36. The van der Waals surface area contributed by atoms with Gasteiger partial charge in [-0.05, 0) is 29.3 Å². The molecule has 23 heavy (non-hydrogen) atoms. The Hall–Kier alpha value is -3.08. The number of carbonyl (C=O) groups excluding carboxylic acids is 2. The summed E-state index contributed by atoms with van der Waals surface area (Å²) in [5.74, 6) is -0.00911. The van der Waals surface area contributed by atoms with Crippen LogP contribution in [0, 0.1) is 0 Å². The zero-order chi connectivity index (χ0) is 16.2. The maximum absolute atomic E-state index is 12.1. The number of esters is 1. The Bertz CT molecular complexity index is 781. The molecular formula is C18H15NO4. The highest BCUT2D eigenvalue weighted by atomic mass is 16.5. The summed E-state index contributed by atoms with van der Waals surface area (Å²) in [5.41, 5.74) is 2.56. The summed E-state index contributed by atoms with van der Waals surface area (Å²) in [6.07, 6.45) is 1.72. The fourth-order valence-corrected chi connectivity index (χ4v) is 2.34. The van der Waals surface area contributed by atoms with Gasteiger partial charge in [0.25, 0.3) is 5.91 Å². The van der Waals surface area contributed by atoms with Crippen molar-refractivity contribution in [3.63, 3.8) is 0 Å². The predicted molar refractivity (Wildman–Crippen MR) is 86.9 cm³/mol. The number of benzene rings is 2. The highest BCUT2D eigenvalue weighted by Gasteiger charge is 2.17. The Labute approximate surface area is 133 Å². The van der Waals surface area contributed by atoms with E-state index in [9.17, 15) is 9.59 Å². The van der Waals surface area contributed by atoms with Gasteiger partial charge in [-0.15, -0.1) is 0 Å². The van der Waals surface area contributed by atoms with Gasteiger partial charge < -0.3 is 14.8 Å². The molecule has 3 rings (SSSR count). The third kappa shape index (κ3) is 3.23. The molecule has 5 heteroatoms. The first-order valence-electron chi connectivity index (χ1n) is 7.09. The van der Waals surface area contributed by atoms with Crippen molar-refractivity contribution in [2.24, 2.45) is 0 Å². The molecule has 0 radical (unpaired) electrons. The third-order valence-corrected chi connectivity index (χ3v) is 3.44. The minimum Gasteiger partial charge on any atom is -0.482 e. The maximum atomic E-state index is 12.1. The van der Waals surface area contributed by atoms with Crippen molar-refractivity contribution in [1.29, 1.82) is 0 Å². The van der Waals surface area contributed by atoms with E-state index in [1.165, 1.54) is 7.11 Å². The van der Waals surface area contributed by atoms with Crippen LogP contribution < -0.4 is 10.1 Å². The number of hydrogen-bond donors (Lipinski definition) is 1. The van der Waals surface area contributed by atoms with E-state index < -0.39 is 5.97 Å². The second-order valence-electron chi connectivity index (χ2n) is 5.01. The van der Waals surface area contributed by atoms with Crippen LogP contribution in [0.3, 0.4) is 0 Å². The van der Waals surface area contributed by atoms with Crippen LogP contribution in [-0.2, 0) is 14.3 Å². The van der Waals surface area contributed by atoms with Gasteiger partial charge in [-0.2, -0.15) is 0 Å². The standard InChI is InChI=1S/C18H15NO4/c1-22-18(21)14(13-5-3-2-4-6-13)9-12-7-8-16-15(10-12)19-17(20)11-23-16/h2-10H,11H2,1H3,(H,19,20). The number of hydrogen-bond acceptors (Lipinski definition) is 4. The van der Waals surface area contributed by atoms with Gasteiger partial charge in [0.1, 0.15) is 5.75 Å². The molecule has 1 N–H and O–H groups in total. The molecule has 0 saturated carbocycles. The topological polar surface area (TPSA) is 64.6 Å². The van der Waals surface area contributed by atoms with Crippen LogP contribution in [0.1, 0.15) is 11.1 Å². The lowest BCUT2D eigenvalue weighted by molar-refractivity contribution is -0.133. The summed E-state index contributed by atoms with van der Waals surface area (Å²) in [5, 5.41) is 2.75. The van der Waals surface area contributed by atoms with Crippen molar-refractivity contribution in [2.75, 3.05) is 19.0 Å². The molecule has 1 aliphatic rings. The van der Waals surface area contributed by atoms with Crippen LogP contribution in [0.4, 0.5) is 5.69 Å². The molecule has 0 fully saturated rings. The lowest BCUT2D eigenvalue weighted by Gasteiger charge is -2.18. The Kier molecular flexibility index (Phi) is 4.10. The second-order valence-corrected chi connectivity index (χ2v) is 5.01. The number of anilines is 1. The SMILES string of the molecule is COC(=O)C(=Cc1ccc2c(c1)NC(=O)CO2)c1ccccc1. The lowest BCUT2D eigenvalue weighted by Crippen LogP contribution is -2.25. The smallest absolute Gasteiger partial charge is 0.338 e. The van der Waals surface area contributed by atoms with E-state index in [0.29, 0.717) is 17.0 Å². The molecule has 2 aromatic rings. The molecule has 0 unspecified atom stereocenters. The molecule has 116 valence electrons. The monoisotopic (exact) mass is 309 g/mol. The summed E-state index contributed by atoms with van der Waals surface area (Å²) in [6, 6.07) is 14.6. The summed E-state index contributed by atoms with van der Waals surface area (Å²) < 4.78 is 10.2. The highest BCUT2D eigenvalue weighted by molar-refractivity contribution is 6.21. The predicted octanol–water partition coefficient (Wildman–Crippen LogP) is 2.73. The highest BCUT2D eigenvalue weighted by Crippen LogP contribution is 2.30. The summed E-state index contributed by atoms with van der Waals surface area (Å²) >= 11 is 0. The van der Waals surface area contributed by atoms with Gasteiger partial charge in [-0.3, -0.25) is 4.79 Å². The van der Waals surface area contributed by atoms with E-state index in [1.807, 2.05) is 36.4 Å². The van der Waals surface area contributed by atoms with Crippen molar-refractivity contribution < 1.29 is 19.1 Å². The van der Waals surface area contributed by atoms with E-state index in [1.54, 1.807) is 18.2 Å². The molecule has 0 bridgehead atoms. The van der Waals surface area contributed by atoms with Crippen molar-refractivity contribution in [1.82, 2.24) is 0 Å². The van der Waals surface area contributed by atoms with Crippen LogP contribution in [0.2, 0.25) is 0 Å². The van der Waals surface area contributed by atoms with Crippen LogP contribution in [0.25, 0.3) is 11.6 Å². The van der Waals surface area contributed by atoms with E-state index in [2.05, 4.69) is 5.32 Å². The maximum Gasteiger partial charge on any atom is 0.338 e. The summed E-state index contributed by atoms with van der Waals surface area (Å²) in [7, 11) is 1.35. The average Bonchev–Trinajstić information content (AvgIpc) is 2.59. The molecule has 0 aromatic heterocycles. The minimum atomic E-state index is -0.422. The quantitative estimate of drug-likeness (QED) is 0.538. The van der Waals surface area contributed by atoms with Gasteiger partial charge in [0, 0.05) is 0 Å². The minimum absolute atomic E-state index is 0.0135. The number of fused-ring (bicyclic) bond motifs is 1. The fraction of sp³-hybridized carbons (Fsp3) is 0.111. The van der Waals surface area contributed by atoms with Gasteiger partial charge in [-0.25, -0.2) is 4.79 Å². The Morgan fingerprint density at radius 1 is 1.22 bits per heavy atom. The first-order valence-corrected chi connectivity index (χ1v) is 7.09. The van der Waals surface area contributed by atoms with Gasteiger partial charge in [-0.1, -0.05) is 36.4 Å². The van der Waals surface area contributed by atoms with Crippen LogP contribution in [-0.4, -0.2) is 25.6 Å². The van der Waals surface area contributed by atoms with E-state index in [-0.39, 0.29) is 12.5 Å². The van der Waals surface area contributed by atoms with Crippen LogP contribution in [0.15, 0.2) is 48.5 Å². The van der Waals surface area contributed by atoms with E-state index in [0.717, 1.165) is 11.1 Å². The number of nitrogens with one attached hydrogen (secondary N) is 1. The van der Waals surface area contributed by atoms with Crippen LogP contribution in [0.5, 0.6) is 5.75 Å². The van der Waals surface area contributed by atoms with Crippen molar-refractivity contribution in [2.45, 2.75) is 0 Å². The zero-order valence-corrected chi connectivity index (χ0v) is 12.5. The van der Waals surface area contributed by atoms with Crippen molar-refractivity contribution in [3.05, 3.63) is 59.7 Å². The number of ether oxygens (including phenoxy) is 2. The molecule has 0 atom stereocenters. The molecule has 1 amide bonds. The summed E-state index contributed by atoms with van der Waals surface area (Å²) in [6.45, 7) is 0.0135. The first-order chi connectivity index (χ1) is 11.2. The fourth-order valence-electron chi connectivity index (χ4n) is 2.34. The number of carbonyl (C=O) groups is 2. The molecule has 0 aliphatic carbocycles. The number of amides is 1. The zero-order valence-electron chi connectivity index (χ0n) is 12.5. The van der Waals surface area contributed by atoms with Gasteiger partial charge in [0.2, 0.25) is 0 Å². The molecule has 1 aliphatic heterocycles. The Morgan fingerprint density at radius 3 is 2.74 bits per heavy atom. The molecular weight excluding hydrogens is 294 g/mol. The Balaban J connectivity index is 2.01. The van der Waals surface area contributed by atoms with E-state index in [4.69, 9.17) is 9.47 Å². The normalized spacial score (nSPS) is 13.6. The van der Waals surface area contributed by atoms with Gasteiger partial charge in [0.15, 0.2) is 6.61 Å². The Morgan fingerprint density at radius 2 is 2.00 bits per heavy atom.